The molecule has 1 aromatic carbocycles. The Hall–Kier alpha value is -2.96. The Balaban J connectivity index is 2.41. The van der Waals surface area contributed by atoms with E-state index < -0.39 is 23.9 Å². The van der Waals surface area contributed by atoms with Crippen LogP contribution in [0.5, 0.6) is 0 Å². The molecule has 0 spiro atoms. The molecular weight excluding hydrogens is 404 g/mol. The molecule has 3 amide bonds. The molecule has 32 heavy (non-hydrogen) atoms. The number of benzodiazepines with no additional fused rings is 1. The number of amides is 3. The van der Waals surface area contributed by atoms with Gasteiger partial charge in [-0.05, 0) is 37.7 Å². The van der Waals surface area contributed by atoms with Crippen LogP contribution in [0.25, 0.3) is 0 Å². The number of carbonyl (C=O) groups excluding carboxylic acids is 3. The number of benzene rings is 1. The molecule has 0 radical (unpaired) electrons. The number of allylic oxidation sites excluding steroid dienone is 1. The number of hydrogen-bond donors (Lipinski definition) is 2. The number of unbranched alkanes of at least 4 members (excludes halogenated alkanes) is 1. The fourth-order valence-corrected chi connectivity index (χ4v) is 4.09. The first-order valence-corrected chi connectivity index (χ1v) is 11.3. The van der Waals surface area contributed by atoms with E-state index in [1.165, 1.54) is 4.90 Å². The number of primary amides is 1. The van der Waals surface area contributed by atoms with Crippen LogP contribution in [0.15, 0.2) is 41.9 Å². The highest BCUT2D eigenvalue weighted by atomic mass is 16.2. The van der Waals surface area contributed by atoms with Gasteiger partial charge < -0.3 is 16.0 Å². The highest BCUT2D eigenvalue weighted by molar-refractivity contribution is 6.13. The molecule has 0 saturated carbocycles. The van der Waals surface area contributed by atoms with Crippen molar-refractivity contribution in [2.75, 3.05) is 11.9 Å². The van der Waals surface area contributed by atoms with E-state index in [4.69, 9.17) is 10.7 Å². The molecule has 0 saturated heterocycles. The Labute approximate surface area is 191 Å². The molecule has 1 aliphatic rings. The third-order valence-corrected chi connectivity index (χ3v) is 5.81. The predicted molar refractivity (Wildman–Crippen MR) is 128 cm³/mol. The fraction of sp³-hybridized carbons (Fsp3) is 0.520. The maximum atomic E-state index is 13.3. The summed E-state index contributed by atoms with van der Waals surface area (Å²) >= 11 is 0. The Morgan fingerprint density at radius 1 is 1.28 bits per heavy atom. The highest BCUT2D eigenvalue weighted by Crippen LogP contribution is 2.28. The van der Waals surface area contributed by atoms with Crippen LogP contribution in [0.2, 0.25) is 0 Å². The van der Waals surface area contributed by atoms with Crippen LogP contribution >= 0.6 is 0 Å². The average molecular weight is 441 g/mol. The first-order chi connectivity index (χ1) is 15.2. The van der Waals surface area contributed by atoms with Gasteiger partial charge in [0.2, 0.25) is 18.0 Å². The molecule has 2 rings (SSSR count). The number of nitrogens with one attached hydrogen (secondary N) is 1. The lowest BCUT2D eigenvalue weighted by molar-refractivity contribution is -0.135. The Morgan fingerprint density at radius 2 is 1.97 bits per heavy atom. The summed E-state index contributed by atoms with van der Waals surface area (Å²) in [6.45, 7) is 9.75. The van der Waals surface area contributed by atoms with Gasteiger partial charge in [-0.15, -0.1) is 6.58 Å². The van der Waals surface area contributed by atoms with E-state index in [9.17, 15) is 14.4 Å². The molecule has 3 atom stereocenters. The zero-order chi connectivity index (χ0) is 23.8. The SMILES string of the molecule is C=CCC(C(N)=O)C(CC(C)C)C(=O)NC1N=C(CCCC)c2ccccc2N(C)C1=O. The third-order valence-electron chi connectivity index (χ3n) is 5.81. The normalized spacial score (nSPS) is 17.8. The van der Waals surface area contributed by atoms with Crippen LogP contribution in [-0.2, 0) is 14.4 Å². The van der Waals surface area contributed by atoms with Crippen molar-refractivity contribution in [3.63, 3.8) is 0 Å². The van der Waals surface area contributed by atoms with Crippen molar-refractivity contribution in [3.8, 4) is 0 Å². The molecule has 174 valence electrons. The molecule has 3 N–H and O–H groups in total. The lowest BCUT2D eigenvalue weighted by Crippen LogP contribution is -2.50. The molecule has 1 aliphatic heterocycles. The second-order valence-corrected chi connectivity index (χ2v) is 8.77. The first-order valence-electron chi connectivity index (χ1n) is 11.3. The lowest BCUT2D eigenvalue weighted by atomic mass is 9.82. The van der Waals surface area contributed by atoms with Crippen LogP contribution in [0.3, 0.4) is 0 Å². The summed E-state index contributed by atoms with van der Waals surface area (Å²) < 4.78 is 0. The Morgan fingerprint density at radius 3 is 2.56 bits per heavy atom. The minimum Gasteiger partial charge on any atom is -0.369 e. The van der Waals surface area contributed by atoms with E-state index in [1.54, 1.807) is 13.1 Å². The summed E-state index contributed by atoms with van der Waals surface area (Å²) in [6, 6.07) is 7.63. The summed E-state index contributed by atoms with van der Waals surface area (Å²) in [5.74, 6) is -2.44. The van der Waals surface area contributed by atoms with Crippen molar-refractivity contribution in [1.29, 1.82) is 0 Å². The smallest absolute Gasteiger partial charge is 0.272 e. The topological polar surface area (TPSA) is 105 Å². The molecule has 1 aromatic rings. The monoisotopic (exact) mass is 440 g/mol. The van der Waals surface area contributed by atoms with Crippen molar-refractivity contribution < 1.29 is 14.4 Å². The second-order valence-electron chi connectivity index (χ2n) is 8.77. The van der Waals surface area contributed by atoms with Gasteiger partial charge in [-0.1, -0.05) is 51.5 Å². The second kappa shape index (κ2) is 11.6. The quantitative estimate of drug-likeness (QED) is 0.515. The molecule has 0 aliphatic carbocycles. The van der Waals surface area contributed by atoms with Gasteiger partial charge >= 0.3 is 0 Å². The van der Waals surface area contributed by atoms with Crippen LogP contribution < -0.4 is 16.0 Å². The van der Waals surface area contributed by atoms with Gasteiger partial charge in [0.25, 0.3) is 5.91 Å². The largest absolute Gasteiger partial charge is 0.369 e. The standard InChI is InChI=1S/C25H36N4O3/c1-6-8-13-20-18-12-9-10-14-21(18)29(5)25(32)23(27-20)28-24(31)19(15-16(3)4)17(11-7-2)22(26)30/h7,9-10,12,14,16-17,19,23H,2,6,8,11,13,15H2,1,3-5H3,(H2,26,30)(H,28,31). The van der Waals surface area contributed by atoms with Crippen LogP contribution in [0.1, 0.15) is 58.4 Å². The van der Waals surface area contributed by atoms with Gasteiger partial charge in [0, 0.05) is 18.3 Å². The zero-order valence-electron chi connectivity index (χ0n) is 19.6. The number of likely N-dealkylation sites (N-methyl/N-ethyl adjacent to an activating group) is 1. The minimum atomic E-state index is -1.06. The van der Waals surface area contributed by atoms with Gasteiger partial charge in [0.05, 0.1) is 17.5 Å². The number of aliphatic imine (C=N–C) groups is 1. The van der Waals surface area contributed by atoms with Crippen LogP contribution in [0.4, 0.5) is 5.69 Å². The first kappa shape index (κ1) is 25.3. The van der Waals surface area contributed by atoms with Crippen molar-refractivity contribution in [1.82, 2.24) is 5.32 Å². The number of nitrogens with zero attached hydrogens (tertiary/aromatic N) is 2. The fourth-order valence-electron chi connectivity index (χ4n) is 4.09. The average Bonchev–Trinajstić information content (AvgIpc) is 2.85. The summed E-state index contributed by atoms with van der Waals surface area (Å²) in [7, 11) is 1.69. The summed E-state index contributed by atoms with van der Waals surface area (Å²) in [5, 5.41) is 2.82. The van der Waals surface area contributed by atoms with Gasteiger partial charge in [-0.3, -0.25) is 19.4 Å². The predicted octanol–water partition coefficient (Wildman–Crippen LogP) is 3.42. The molecular formula is C25H36N4O3. The highest BCUT2D eigenvalue weighted by Gasteiger charge is 2.36. The van der Waals surface area contributed by atoms with Crippen molar-refractivity contribution in [3.05, 3.63) is 42.5 Å². The Bertz CT molecular complexity index is 878. The molecule has 7 nitrogen and oxygen atoms in total. The number of anilines is 1. The molecule has 1 heterocycles. The van der Waals surface area contributed by atoms with E-state index in [1.807, 2.05) is 38.1 Å². The minimum absolute atomic E-state index is 0.165. The summed E-state index contributed by atoms with van der Waals surface area (Å²) in [5.41, 5.74) is 8.07. The number of fused-ring (bicyclic) bond motifs is 1. The summed E-state index contributed by atoms with van der Waals surface area (Å²) in [6.07, 6.45) is 3.92. The Kier molecular flexibility index (Phi) is 9.17. The van der Waals surface area contributed by atoms with Crippen molar-refractivity contribution >= 4 is 29.1 Å². The number of nitrogens with two attached hydrogens (primary N) is 1. The maximum Gasteiger partial charge on any atom is 0.272 e. The lowest BCUT2D eigenvalue weighted by Gasteiger charge is -2.27. The van der Waals surface area contributed by atoms with Gasteiger partial charge in [0.1, 0.15) is 0 Å². The number of rotatable bonds is 11. The zero-order valence-corrected chi connectivity index (χ0v) is 19.6. The molecule has 7 heteroatoms. The number of hydrogen-bond acceptors (Lipinski definition) is 4. The van der Waals surface area contributed by atoms with Gasteiger partial charge in [0.15, 0.2) is 0 Å². The molecule has 0 aromatic heterocycles. The molecule has 0 fully saturated rings. The maximum absolute atomic E-state index is 13.3. The third kappa shape index (κ3) is 6.05. The van der Waals surface area contributed by atoms with Gasteiger partial charge in [-0.25, -0.2) is 0 Å². The van der Waals surface area contributed by atoms with Crippen LogP contribution in [0, 0.1) is 17.8 Å². The number of para-hydroxylation sites is 1. The van der Waals surface area contributed by atoms with Crippen LogP contribution in [-0.4, -0.2) is 36.6 Å². The van der Waals surface area contributed by atoms with Crippen molar-refractivity contribution in [2.24, 2.45) is 28.5 Å². The van der Waals surface area contributed by atoms with Crippen molar-refractivity contribution in [2.45, 2.75) is 59.0 Å². The van der Waals surface area contributed by atoms with E-state index in [0.29, 0.717) is 19.3 Å². The van der Waals surface area contributed by atoms with E-state index in [-0.39, 0.29) is 17.7 Å². The van der Waals surface area contributed by atoms with Gasteiger partial charge in [-0.2, -0.15) is 0 Å². The van der Waals surface area contributed by atoms with E-state index >= 15 is 0 Å². The molecule has 3 unspecified atom stereocenters. The van der Waals surface area contributed by atoms with E-state index in [2.05, 4.69) is 18.8 Å². The summed E-state index contributed by atoms with van der Waals surface area (Å²) in [4.78, 5) is 44.9. The van der Waals surface area contributed by atoms with E-state index in [0.717, 1.165) is 29.8 Å². The molecule has 0 bridgehead atoms. The number of carbonyl (C=O) groups is 3.